The van der Waals surface area contributed by atoms with E-state index < -0.39 is 11.9 Å². The molecule has 3 heterocycles. The first-order valence-electron chi connectivity index (χ1n) is 8.63. The van der Waals surface area contributed by atoms with E-state index in [-0.39, 0.29) is 30.7 Å². The summed E-state index contributed by atoms with van der Waals surface area (Å²) >= 11 is 0. The minimum Gasteiger partial charge on any atom is -0.481 e. The Morgan fingerprint density at radius 1 is 1.36 bits per heavy atom. The summed E-state index contributed by atoms with van der Waals surface area (Å²) in [6.07, 6.45) is 1.83. The highest BCUT2D eigenvalue weighted by Gasteiger charge is 2.33. The highest BCUT2D eigenvalue weighted by molar-refractivity contribution is 5.76. The highest BCUT2D eigenvalue weighted by Crippen LogP contribution is 2.31. The van der Waals surface area contributed by atoms with E-state index in [1.807, 2.05) is 6.92 Å². The van der Waals surface area contributed by atoms with Gasteiger partial charge in [-0.15, -0.1) is 0 Å². The van der Waals surface area contributed by atoms with Gasteiger partial charge in [0.05, 0.1) is 12.0 Å². The van der Waals surface area contributed by atoms with Gasteiger partial charge in [0.1, 0.15) is 6.10 Å². The zero-order chi connectivity index (χ0) is 18.0. The second-order valence-electron chi connectivity index (χ2n) is 6.97. The zero-order valence-electron chi connectivity index (χ0n) is 14.5. The van der Waals surface area contributed by atoms with Crippen LogP contribution in [0.2, 0.25) is 0 Å². The molecule has 138 valence electrons. The maximum atomic E-state index is 12.3. The van der Waals surface area contributed by atoms with Crippen LogP contribution in [0.15, 0.2) is 4.52 Å². The number of hydrogen-bond acceptors (Lipinski definition) is 6. The molecule has 1 aromatic heterocycles. The quantitative estimate of drug-likeness (QED) is 0.839. The van der Waals surface area contributed by atoms with Crippen LogP contribution in [0.3, 0.4) is 0 Å². The molecule has 2 aliphatic rings. The number of ether oxygens (including phenoxy) is 1. The molecule has 2 saturated heterocycles. The van der Waals surface area contributed by atoms with Crippen LogP contribution in [0.4, 0.5) is 4.79 Å². The fraction of sp³-hybridized carbons (Fsp3) is 0.750. The molecule has 3 rings (SSSR count). The van der Waals surface area contributed by atoms with Crippen molar-refractivity contribution < 1.29 is 24.0 Å². The van der Waals surface area contributed by atoms with Crippen molar-refractivity contribution in [2.24, 2.45) is 11.8 Å². The Kier molecular flexibility index (Phi) is 5.22. The standard InChI is InChI=1S/C16H24N4O5/c1-9-5-11(15(21)22)8-20(7-9)16(23)17-6-12-3-4-13(24-12)14-18-10(2)19-25-14/h9,11-13H,3-8H2,1-2H3,(H,17,23)(H,21,22)/t9?,11?,12-,13+/m1/s1. The van der Waals surface area contributed by atoms with Crippen molar-refractivity contribution in [2.75, 3.05) is 19.6 Å². The number of carbonyl (C=O) groups is 2. The van der Waals surface area contributed by atoms with Crippen molar-refractivity contribution in [3.05, 3.63) is 11.7 Å². The second kappa shape index (κ2) is 7.38. The number of nitrogens with one attached hydrogen (secondary N) is 1. The molecule has 25 heavy (non-hydrogen) atoms. The number of hydrogen-bond donors (Lipinski definition) is 2. The number of carboxylic acid groups (broad SMARTS) is 1. The van der Waals surface area contributed by atoms with E-state index in [4.69, 9.17) is 9.26 Å². The van der Waals surface area contributed by atoms with Crippen molar-refractivity contribution in [1.29, 1.82) is 0 Å². The third-order valence-electron chi connectivity index (χ3n) is 4.70. The van der Waals surface area contributed by atoms with E-state index in [2.05, 4.69) is 15.5 Å². The molecule has 1 aromatic rings. The Labute approximate surface area is 145 Å². The van der Waals surface area contributed by atoms with Gasteiger partial charge in [-0.05, 0) is 32.1 Å². The normalized spacial score (nSPS) is 29.6. The highest BCUT2D eigenvalue weighted by atomic mass is 16.5. The van der Waals surface area contributed by atoms with E-state index in [1.54, 1.807) is 11.8 Å². The van der Waals surface area contributed by atoms with E-state index in [0.717, 1.165) is 12.8 Å². The Balaban J connectivity index is 1.47. The largest absolute Gasteiger partial charge is 0.481 e. The van der Waals surface area contributed by atoms with Crippen molar-refractivity contribution in [3.63, 3.8) is 0 Å². The monoisotopic (exact) mass is 352 g/mol. The summed E-state index contributed by atoms with van der Waals surface area (Å²) in [5.74, 6) is -0.125. The first kappa shape index (κ1) is 17.7. The fourth-order valence-electron chi connectivity index (χ4n) is 3.49. The predicted octanol–water partition coefficient (Wildman–Crippen LogP) is 1.35. The van der Waals surface area contributed by atoms with E-state index in [0.29, 0.717) is 31.2 Å². The lowest BCUT2D eigenvalue weighted by molar-refractivity contribution is -0.143. The van der Waals surface area contributed by atoms with Gasteiger partial charge in [0.25, 0.3) is 5.89 Å². The molecule has 0 bridgehead atoms. The molecule has 0 saturated carbocycles. The van der Waals surface area contributed by atoms with Gasteiger partial charge in [-0.2, -0.15) is 4.98 Å². The first-order valence-corrected chi connectivity index (χ1v) is 8.63. The molecule has 0 spiro atoms. The molecule has 4 atom stereocenters. The molecule has 2 aliphatic heterocycles. The van der Waals surface area contributed by atoms with E-state index >= 15 is 0 Å². The Morgan fingerprint density at radius 2 is 2.16 bits per heavy atom. The summed E-state index contributed by atoms with van der Waals surface area (Å²) < 4.78 is 11.0. The third-order valence-corrected chi connectivity index (χ3v) is 4.70. The minimum atomic E-state index is -0.846. The van der Waals surface area contributed by atoms with Crippen LogP contribution >= 0.6 is 0 Å². The Morgan fingerprint density at radius 3 is 2.84 bits per heavy atom. The summed E-state index contributed by atoms with van der Waals surface area (Å²) in [4.78, 5) is 29.3. The summed E-state index contributed by atoms with van der Waals surface area (Å²) in [5, 5.41) is 15.8. The van der Waals surface area contributed by atoms with Crippen molar-refractivity contribution >= 4 is 12.0 Å². The number of aliphatic carboxylic acids is 1. The Bertz CT molecular complexity index is 634. The van der Waals surface area contributed by atoms with Crippen LogP contribution in [0.5, 0.6) is 0 Å². The topological polar surface area (TPSA) is 118 Å². The van der Waals surface area contributed by atoms with E-state index in [1.165, 1.54) is 0 Å². The SMILES string of the molecule is Cc1noc([C@@H]2CC[C@H](CNC(=O)N3CC(C)CC(C(=O)O)C3)O2)n1. The number of carbonyl (C=O) groups excluding carboxylic acids is 1. The van der Waals surface area contributed by atoms with E-state index in [9.17, 15) is 14.7 Å². The van der Waals surface area contributed by atoms with Crippen LogP contribution in [0.1, 0.15) is 44.0 Å². The van der Waals surface area contributed by atoms with Gasteiger partial charge >= 0.3 is 12.0 Å². The average molecular weight is 352 g/mol. The molecule has 2 amide bonds. The second-order valence-corrected chi connectivity index (χ2v) is 6.97. The number of aromatic nitrogens is 2. The van der Waals surface area contributed by atoms with Gasteiger partial charge in [0.2, 0.25) is 0 Å². The van der Waals surface area contributed by atoms with Gasteiger partial charge in [-0.3, -0.25) is 4.79 Å². The number of rotatable bonds is 4. The van der Waals surface area contributed by atoms with Crippen LogP contribution in [0.25, 0.3) is 0 Å². The first-order chi connectivity index (χ1) is 11.9. The summed E-state index contributed by atoms with van der Waals surface area (Å²) in [6.45, 7) is 4.92. The predicted molar refractivity (Wildman–Crippen MR) is 85.8 cm³/mol. The lowest BCUT2D eigenvalue weighted by Crippen LogP contribution is -2.50. The van der Waals surface area contributed by atoms with Crippen LogP contribution in [-0.4, -0.2) is 57.9 Å². The molecule has 0 aromatic carbocycles. The van der Waals surface area contributed by atoms with Crippen molar-refractivity contribution in [1.82, 2.24) is 20.4 Å². The van der Waals surface area contributed by atoms with Crippen LogP contribution in [0, 0.1) is 18.8 Å². The maximum absolute atomic E-state index is 12.3. The van der Waals surface area contributed by atoms with Crippen molar-refractivity contribution in [2.45, 2.75) is 45.3 Å². The zero-order valence-corrected chi connectivity index (χ0v) is 14.5. The molecule has 9 nitrogen and oxygen atoms in total. The lowest BCUT2D eigenvalue weighted by Gasteiger charge is -2.34. The summed E-state index contributed by atoms with van der Waals surface area (Å²) in [5.41, 5.74) is 0. The van der Waals surface area contributed by atoms with Gasteiger partial charge in [-0.25, -0.2) is 4.79 Å². The number of nitrogens with zero attached hydrogens (tertiary/aromatic N) is 3. The molecular formula is C16H24N4O5. The minimum absolute atomic E-state index is 0.112. The number of carboxylic acids is 1. The van der Waals surface area contributed by atoms with Gasteiger partial charge in [-0.1, -0.05) is 12.1 Å². The molecule has 2 N–H and O–H groups in total. The molecular weight excluding hydrogens is 328 g/mol. The molecule has 9 heteroatoms. The number of aryl methyl sites for hydroxylation is 1. The number of urea groups is 1. The smallest absolute Gasteiger partial charge is 0.317 e. The third kappa shape index (κ3) is 4.28. The van der Waals surface area contributed by atoms with Gasteiger partial charge < -0.3 is 24.6 Å². The lowest BCUT2D eigenvalue weighted by atomic mass is 9.91. The van der Waals surface area contributed by atoms with Crippen LogP contribution in [-0.2, 0) is 9.53 Å². The van der Waals surface area contributed by atoms with Gasteiger partial charge in [0.15, 0.2) is 5.82 Å². The molecule has 2 unspecified atom stereocenters. The number of piperidine rings is 1. The number of amides is 2. The maximum Gasteiger partial charge on any atom is 0.317 e. The van der Waals surface area contributed by atoms with Crippen LogP contribution < -0.4 is 5.32 Å². The van der Waals surface area contributed by atoms with Gasteiger partial charge in [0, 0.05) is 19.6 Å². The molecule has 2 fully saturated rings. The summed E-state index contributed by atoms with van der Waals surface area (Å²) in [7, 11) is 0. The fourth-order valence-corrected chi connectivity index (χ4v) is 3.49. The summed E-state index contributed by atoms with van der Waals surface area (Å²) in [6, 6.07) is -0.238. The molecule has 0 radical (unpaired) electrons. The van der Waals surface area contributed by atoms with Crippen molar-refractivity contribution in [3.8, 4) is 0 Å². The number of likely N-dealkylation sites (tertiary alicyclic amines) is 1. The average Bonchev–Trinajstić information content (AvgIpc) is 3.20. The molecule has 0 aliphatic carbocycles. The Hall–Kier alpha value is -2.16.